The Morgan fingerprint density at radius 3 is 2.47 bits per heavy atom. The molecule has 53 heavy (non-hydrogen) atoms. The van der Waals surface area contributed by atoms with Gasteiger partial charge in [0.1, 0.15) is 18.2 Å². The zero-order valence-electron chi connectivity index (χ0n) is 29.5. The van der Waals surface area contributed by atoms with Crippen LogP contribution in [0.5, 0.6) is 11.5 Å². The van der Waals surface area contributed by atoms with Gasteiger partial charge < -0.3 is 24.4 Å². The van der Waals surface area contributed by atoms with Crippen LogP contribution in [0.15, 0.2) is 91.3 Å². The number of fused-ring (bicyclic) bond motifs is 2. The summed E-state index contributed by atoms with van der Waals surface area (Å²) in [4.78, 5) is 47.9. The molecule has 0 saturated carbocycles. The molecular formula is C40H39N7O5S. The summed E-state index contributed by atoms with van der Waals surface area (Å²) in [5, 5.41) is 13.6. The number of nitrogens with one attached hydrogen (secondary N) is 1. The minimum Gasteiger partial charge on any atom is -0.494 e. The average Bonchev–Trinajstić information content (AvgIpc) is 3.59. The van der Waals surface area contributed by atoms with E-state index < -0.39 is 5.97 Å². The van der Waals surface area contributed by atoms with Gasteiger partial charge in [0.15, 0.2) is 22.4 Å². The number of aromatic nitrogens is 4. The summed E-state index contributed by atoms with van der Waals surface area (Å²) in [6.45, 7) is 2.85. The summed E-state index contributed by atoms with van der Waals surface area (Å²) in [6, 6.07) is 24.7. The number of aromatic carboxylic acids is 1. The van der Waals surface area contributed by atoms with Crippen molar-refractivity contribution in [1.82, 2.24) is 24.8 Å². The second-order valence-corrected chi connectivity index (χ2v) is 13.9. The molecular weight excluding hydrogens is 691 g/mol. The molecule has 0 fully saturated rings. The van der Waals surface area contributed by atoms with Crippen molar-refractivity contribution in [1.29, 1.82) is 0 Å². The van der Waals surface area contributed by atoms with Crippen LogP contribution >= 0.6 is 11.3 Å². The molecule has 0 saturated heterocycles. The highest BCUT2D eigenvalue weighted by Crippen LogP contribution is 2.30. The van der Waals surface area contributed by atoms with Crippen molar-refractivity contribution in [2.75, 3.05) is 50.6 Å². The molecule has 0 unspecified atom stereocenters. The number of ether oxygens (including phenoxy) is 2. The maximum atomic E-state index is 13.5. The Bertz CT molecular complexity index is 2190. The standard InChI is InChI=1S/C40H39N7O5S/c1-46(2)20-22-52-30-23-41-37(42-24-30)28-12-15-29(16-13-28)51-21-6-8-27-14-17-35(44-36(27)39(49)50)47-19-18-26-7-5-9-31(32(26)25-47)38(48)45-40-43-33-10-3-4-11-34(33)53-40/h3-5,7,9-17,23-24H,6,8,18-22,25H2,1-2H3,(H,49,50)(H,43,45,48). The number of para-hydroxylation sites is 1. The van der Waals surface area contributed by atoms with Gasteiger partial charge in [0.05, 0.1) is 29.2 Å². The Hall–Kier alpha value is -5.92. The van der Waals surface area contributed by atoms with Crippen molar-refractivity contribution in [2.24, 2.45) is 0 Å². The van der Waals surface area contributed by atoms with E-state index in [2.05, 4.69) is 25.3 Å². The Balaban J connectivity index is 0.945. The average molecular weight is 730 g/mol. The number of carboxylic acids is 1. The molecule has 1 aliphatic heterocycles. The fraction of sp³-hybridized carbons (Fsp3) is 0.250. The number of benzene rings is 3. The predicted molar refractivity (Wildman–Crippen MR) is 205 cm³/mol. The third-order valence-electron chi connectivity index (χ3n) is 8.93. The molecule has 270 valence electrons. The minimum atomic E-state index is -1.08. The molecule has 7 rings (SSSR count). The lowest BCUT2D eigenvalue weighted by molar-refractivity contribution is 0.0688. The van der Waals surface area contributed by atoms with Crippen LogP contribution in [0.3, 0.4) is 0 Å². The van der Waals surface area contributed by atoms with E-state index in [0.717, 1.165) is 33.5 Å². The smallest absolute Gasteiger partial charge is 0.354 e. The lowest BCUT2D eigenvalue weighted by Gasteiger charge is -2.31. The first-order valence-electron chi connectivity index (χ1n) is 17.4. The number of likely N-dealkylation sites (N-methyl/N-ethyl adjacent to an activating group) is 1. The van der Waals surface area contributed by atoms with E-state index in [1.165, 1.54) is 11.3 Å². The quantitative estimate of drug-likeness (QED) is 0.117. The minimum absolute atomic E-state index is 0.0219. The van der Waals surface area contributed by atoms with E-state index in [1.807, 2.05) is 103 Å². The van der Waals surface area contributed by atoms with Gasteiger partial charge in [-0.1, -0.05) is 41.7 Å². The number of hydrogen-bond donors (Lipinski definition) is 2. The molecule has 1 aliphatic rings. The SMILES string of the molecule is CN(C)CCOc1cnc(-c2ccc(OCCCc3ccc(N4CCc5cccc(C(=O)Nc6nc7ccccc7s6)c5C4)nc3C(=O)O)cc2)nc1. The van der Waals surface area contributed by atoms with Gasteiger partial charge >= 0.3 is 5.97 Å². The molecule has 3 aromatic heterocycles. The summed E-state index contributed by atoms with van der Waals surface area (Å²) >= 11 is 1.43. The maximum Gasteiger partial charge on any atom is 0.354 e. The number of carboxylic acid groups (broad SMARTS) is 1. The van der Waals surface area contributed by atoms with Crippen molar-refractivity contribution in [2.45, 2.75) is 25.8 Å². The van der Waals surface area contributed by atoms with Crippen LogP contribution in [0.2, 0.25) is 0 Å². The summed E-state index contributed by atoms with van der Waals surface area (Å²) < 4.78 is 12.6. The van der Waals surface area contributed by atoms with Gasteiger partial charge in [0, 0.05) is 30.8 Å². The number of carbonyl (C=O) groups excluding carboxylic acids is 1. The topological polar surface area (TPSA) is 143 Å². The van der Waals surface area contributed by atoms with Gasteiger partial charge in [-0.05, 0) is 98.6 Å². The monoisotopic (exact) mass is 729 g/mol. The van der Waals surface area contributed by atoms with Gasteiger partial charge in [0.2, 0.25) is 0 Å². The van der Waals surface area contributed by atoms with Crippen LogP contribution in [-0.4, -0.2) is 82.2 Å². The number of amides is 1. The molecule has 0 bridgehead atoms. The molecule has 2 N–H and O–H groups in total. The molecule has 4 heterocycles. The van der Waals surface area contributed by atoms with Crippen molar-refractivity contribution in [3.63, 3.8) is 0 Å². The summed E-state index contributed by atoms with van der Waals surface area (Å²) in [5.74, 6) is 1.17. The lowest BCUT2D eigenvalue weighted by atomic mass is 9.94. The Morgan fingerprint density at radius 1 is 0.906 bits per heavy atom. The number of thiazole rings is 1. The Labute approximate surface area is 311 Å². The molecule has 0 atom stereocenters. The highest BCUT2D eigenvalue weighted by atomic mass is 32.1. The third kappa shape index (κ3) is 8.59. The number of hydrogen-bond acceptors (Lipinski definition) is 11. The molecule has 1 amide bonds. The van der Waals surface area contributed by atoms with Crippen molar-refractivity contribution >= 4 is 44.4 Å². The van der Waals surface area contributed by atoms with Crippen LogP contribution in [0, 0.1) is 0 Å². The highest BCUT2D eigenvalue weighted by molar-refractivity contribution is 7.22. The van der Waals surface area contributed by atoms with E-state index in [0.29, 0.717) is 85.0 Å². The van der Waals surface area contributed by atoms with Crippen molar-refractivity contribution in [3.8, 4) is 22.9 Å². The Morgan fingerprint density at radius 2 is 1.70 bits per heavy atom. The van der Waals surface area contributed by atoms with E-state index >= 15 is 0 Å². The second-order valence-electron chi connectivity index (χ2n) is 12.9. The molecule has 0 aliphatic carbocycles. The van der Waals surface area contributed by atoms with Crippen LogP contribution in [0.1, 0.15) is 44.0 Å². The van der Waals surface area contributed by atoms with E-state index in [-0.39, 0.29) is 11.6 Å². The zero-order chi connectivity index (χ0) is 36.7. The van der Waals surface area contributed by atoms with E-state index in [9.17, 15) is 14.7 Å². The van der Waals surface area contributed by atoms with Crippen LogP contribution in [-0.2, 0) is 19.4 Å². The number of pyridine rings is 1. The lowest BCUT2D eigenvalue weighted by Crippen LogP contribution is -2.33. The van der Waals surface area contributed by atoms with Gasteiger partial charge in [-0.25, -0.2) is 24.7 Å². The maximum absolute atomic E-state index is 13.5. The van der Waals surface area contributed by atoms with E-state index in [1.54, 1.807) is 12.4 Å². The zero-order valence-corrected chi connectivity index (χ0v) is 30.3. The third-order valence-corrected chi connectivity index (χ3v) is 9.88. The van der Waals surface area contributed by atoms with Crippen LogP contribution in [0.25, 0.3) is 21.6 Å². The molecule has 12 nitrogen and oxygen atoms in total. The number of anilines is 2. The number of nitrogens with zero attached hydrogens (tertiary/aromatic N) is 6. The van der Waals surface area contributed by atoms with Crippen LogP contribution in [0.4, 0.5) is 10.9 Å². The van der Waals surface area contributed by atoms with Gasteiger partial charge in [0.25, 0.3) is 5.91 Å². The molecule has 13 heteroatoms. The van der Waals surface area contributed by atoms with Gasteiger partial charge in [-0.15, -0.1) is 0 Å². The predicted octanol–water partition coefficient (Wildman–Crippen LogP) is 6.61. The van der Waals surface area contributed by atoms with Crippen molar-refractivity contribution < 1.29 is 24.2 Å². The van der Waals surface area contributed by atoms with Gasteiger partial charge in [-0.2, -0.15) is 0 Å². The summed E-state index contributed by atoms with van der Waals surface area (Å²) in [7, 11) is 3.98. The molecule has 3 aromatic carbocycles. The number of rotatable bonds is 14. The van der Waals surface area contributed by atoms with Crippen LogP contribution < -0.4 is 19.7 Å². The first-order valence-corrected chi connectivity index (χ1v) is 18.2. The van der Waals surface area contributed by atoms with Crippen molar-refractivity contribution in [3.05, 3.63) is 119 Å². The summed E-state index contributed by atoms with van der Waals surface area (Å²) in [5.41, 5.74) is 4.92. The number of aryl methyl sites for hydroxylation is 1. The largest absolute Gasteiger partial charge is 0.494 e. The second kappa shape index (κ2) is 16.2. The normalized spacial score (nSPS) is 12.5. The Kier molecular flexibility index (Phi) is 10.8. The first-order chi connectivity index (χ1) is 25.8. The molecule has 6 aromatic rings. The molecule has 0 spiro atoms. The van der Waals surface area contributed by atoms with Gasteiger partial charge in [-0.3, -0.25) is 10.1 Å². The molecule has 0 radical (unpaired) electrons. The fourth-order valence-corrected chi connectivity index (χ4v) is 7.02. The fourth-order valence-electron chi connectivity index (χ4n) is 6.16. The first kappa shape index (κ1) is 35.5. The van der Waals surface area contributed by atoms with E-state index in [4.69, 9.17) is 9.47 Å². The summed E-state index contributed by atoms with van der Waals surface area (Å²) in [6.07, 6.45) is 5.14. The number of carbonyl (C=O) groups is 2. The highest BCUT2D eigenvalue weighted by Gasteiger charge is 2.25.